The fourth-order valence-electron chi connectivity index (χ4n) is 4.01. The molecule has 0 aliphatic carbocycles. The van der Waals surface area contributed by atoms with Crippen molar-refractivity contribution in [3.63, 3.8) is 0 Å². The van der Waals surface area contributed by atoms with Gasteiger partial charge in [-0.05, 0) is 50.3 Å². The molecule has 0 atom stereocenters. The average Bonchev–Trinajstić information content (AvgIpc) is 3.24. The molecule has 0 radical (unpaired) electrons. The highest BCUT2D eigenvalue weighted by Crippen LogP contribution is 2.39. The van der Waals surface area contributed by atoms with Crippen LogP contribution >= 0.6 is 0 Å². The van der Waals surface area contributed by atoms with E-state index in [2.05, 4.69) is 71.3 Å². The maximum absolute atomic E-state index is 4.08. The number of hydrogen-bond donors (Lipinski definition) is 1. The number of benzene rings is 2. The van der Waals surface area contributed by atoms with E-state index in [1.54, 1.807) is 0 Å². The molecule has 4 rings (SSSR count). The quantitative estimate of drug-likeness (QED) is 0.353. The Morgan fingerprint density at radius 1 is 0.964 bits per heavy atom. The number of nitrogens with one attached hydrogen (secondary N) is 1. The van der Waals surface area contributed by atoms with Gasteiger partial charge in [0, 0.05) is 38.6 Å². The number of rotatable bonds is 5. The molecule has 0 fully saturated rings. The molecule has 1 N–H and O–H groups in total. The van der Waals surface area contributed by atoms with E-state index in [1.165, 1.54) is 27.2 Å². The molecule has 0 bridgehead atoms. The monoisotopic (exact) mass is 364 g/mol. The first-order chi connectivity index (χ1) is 13.7. The van der Waals surface area contributed by atoms with Gasteiger partial charge in [-0.25, -0.2) is 0 Å². The molecule has 28 heavy (non-hydrogen) atoms. The largest absolute Gasteiger partial charge is 0.354 e. The third-order valence-corrected chi connectivity index (χ3v) is 5.13. The first kappa shape index (κ1) is 17.9. The molecule has 2 aromatic heterocycles. The average molecular weight is 364 g/mol. The van der Waals surface area contributed by atoms with Crippen molar-refractivity contribution in [2.24, 2.45) is 0 Å². The number of nitrogens with zero attached hydrogens (tertiary/aromatic N) is 1. The minimum absolute atomic E-state index is 1.05. The van der Waals surface area contributed by atoms with E-state index in [9.17, 15) is 0 Å². The summed E-state index contributed by atoms with van der Waals surface area (Å²) in [5.74, 6) is 0. The summed E-state index contributed by atoms with van der Waals surface area (Å²) >= 11 is 0. The molecule has 0 amide bonds. The lowest BCUT2D eigenvalue weighted by Crippen LogP contribution is -1.93. The molecule has 0 saturated carbocycles. The molecule has 4 aromatic rings. The van der Waals surface area contributed by atoms with Gasteiger partial charge in [0.2, 0.25) is 0 Å². The first-order valence-electron chi connectivity index (χ1n) is 9.53. The van der Waals surface area contributed by atoms with Crippen LogP contribution in [0.2, 0.25) is 0 Å². The van der Waals surface area contributed by atoms with Crippen molar-refractivity contribution in [3.8, 4) is 0 Å². The van der Waals surface area contributed by atoms with Gasteiger partial charge in [0.25, 0.3) is 0 Å². The van der Waals surface area contributed by atoms with Crippen LogP contribution in [0.4, 0.5) is 0 Å². The third kappa shape index (κ3) is 2.57. The zero-order valence-corrected chi connectivity index (χ0v) is 16.4. The van der Waals surface area contributed by atoms with E-state index < -0.39 is 0 Å². The van der Waals surface area contributed by atoms with Gasteiger partial charge in [0.15, 0.2) is 0 Å². The van der Waals surface area contributed by atoms with Gasteiger partial charge >= 0.3 is 0 Å². The van der Waals surface area contributed by atoms with Gasteiger partial charge in [0.1, 0.15) is 0 Å². The van der Waals surface area contributed by atoms with Gasteiger partial charge in [-0.2, -0.15) is 0 Å². The van der Waals surface area contributed by atoms with Crippen LogP contribution in [0.15, 0.2) is 79.9 Å². The van der Waals surface area contributed by atoms with Gasteiger partial charge < -0.3 is 9.55 Å². The molecule has 0 saturated heterocycles. The molecule has 2 heteroatoms. The predicted octanol–water partition coefficient (Wildman–Crippen LogP) is 7.55. The Kier molecular flexibility index (Phi) is 4.62. The highest BCUT2D eigenvalue weighted by atomic mass is 15.0. The van der Waals surface area contributed by atoms with Crippen LogP contribution in [0.5, 0.6) is 0 Å². The Bertz CT molecular complexity index is 1300. The minimum atomic E-state index is 1.05. The van der Waals surface area contributed by atoms with E-state index in [0.29, 0.717) is 0 Å². The fraction of sp³-hybridized carbons (Fsp3) is 0.0769. The SMILES string of the molecule is C=C/C(=C\C=C/C)n1c2ccccc2c2c3c(C=C)c(/C=C\C)[nH]c3ccc21. The topological polar surface area (TPSA) is 20.7 Å². The van der Waals surface area contributed by atoms with E-state index in [0.717, 1.165) is 22.5 Å². The molecule has 0 spiro atoms. The number of hydrogen-bond acceptors (Lipinski definition) is 0. The van der Waals surface area contributed by atoms with Crippen molar-refractivity contribution in [3.05, 3.63) is 91.2 Å². The maximum Gasteiger partial charge on any atom is 0.0548 e. The summed E-state index contributed by atoms with van der Waals surface area (Å²) in [6.45, 7) is 12.2. The van der Waals surface area contributed by atoms with E-state index >= 15 is 0 Å². The zero-order chi connectivity index (χ0) is 19.7. The third-order valence-electron chi connectivity index (χ3n) is 5.13. The Hall–Kier alpha value is -3.52. The first-order valence-corrected chi connectivity index (χ1v) is 9.53. The van der Waals surface area contributed by atoms with Crippen molar-refractivity contribution in [2.75, 3.05) is 0 Å². The van der Waals surface area contributed by atoms with Crippen LogP contribution in [0, 0.1) is 0 Å². The minimum Gasteiger partial charge on any atom is -0.354 e. The van der Waals surface area contributed by atoms with Gasteiger partial charge in [0.05, 0.1) is 11.0 Å². The summed E-state index contributed by atoms with van der Waals surface area (Å²) in [6, 6.07) is 12.9. The van der Waals surface area contributed by atoms with Crippen molar-refractivity contribution < 1.29 is 0 Å². The molecular formula is C26H24N2. The van der Waals surface area contributed by atoms with Crippen molar-refractivity contribution in [1.29, 1.82) is 0 Å². The number of allylic oxidation sites excluding steroid dienone is 6. The summed E-state index contributed by atoms with van der Waals surface area (Å²) in [6.07, 6.45) is 14.2. The smallest absolute Gasteiger partial charge is 0.0548 e. The number of aromatic nitrogens is 2. The molecule has 0 unspecified atom stereocenters. The Balaban J connectivity index is 2.25. The van der Waals surface area contributed by atoms with Crippen LogP contribution in [0.25, 0.3) is 50.6 Å². The summed E-state index contributed by atoms with van der Waals surface area (Å²) in [4.78, 5) is 3.55. The van der Waals surface area contributed by atoms with E-state index in [-0.39, 0.29) is 0 Å². The van der Waals surface area contributed by atoms with Gasteiger partial charge in [-0.3, -0.25) is 0 Å². The lowest BCUT2D eigenvalue weighted by molar-refractivity contribution is 1.24. The summed E-state index contributed by atoms with van der Waals surface area (Å²) in [7, 11) is 0. The lowest BCUT2D eigenvalue weighted by Gasteiger charge is -2.08. The Labute approximate surface area is 165 Å². The van der Waals surface area contributed by atoms with Crippen LogP contribution in [-0.4, -0.2) is 9.55 Å². The van der Waals surface area contributed by atoms with Crippen LogP contribution in [0.3, 0.4) is 0 Å². The second kappa shape index (κ2) is 7.24. The highest BCUT2D eigenvalue weighted by Gasteiger charge is 2.18. The normalized spacial score (nSPS) is 12.9. The van der Waals surface area contributed by atoms with E-state index in [1.807, 2.05) is 44.2 Å². The molecule has 2 nitrogen and oxygen atoms in total. The van der Waals surface area contributed by atoms with Crippen molar-refractivity contribution in [2.45, 2.75) is 13.8 Å². The van der Waals surface area contributed by atoms with Gasteiger partial charge in [-0.15, -0.1) is 0 Å². The van der Waals surface area contributed by atoms with Crippen LogP contribution < -0.4 is 0 Å². The number of aromatic amines is 1. The fourth-order valence-corrected chi connectivity index (χ4v) is 4.01. The Morgan fingerprint density at radius 2 is 1.79 bits per heavy atom. The van der Waals surface area contributed by atoms with Gasteiger partial charge in [-0.1, -0.05) is 55.7 Å². The summed E-state index contributed by atoms with van der Waals surface area (Å²) in [5.41, 5.74) is 6.73. The van der Waals surface area contributed by atoms with Crippen LogP contribution in [-0.2, 0) is 0 Å². The molecular weight excluding hydrogens is 340 g/mol. The zero-order valence-electron chi connectivity index (χ0n) is 16.4. The maximum atomic E-state index is 4.08. The number of para-hydroxylation sites is 1. The van der Waals surface area contributed by atoms with Crippen molar-refractivity contribution in [1.82, 2.24) is 9.55 Å². The van der Waals surface area contributed by atoms with E-state index in [4.69, 9.17) is 0 Å². The molecule has 138 valence electrons. The second-order valence-corrected chi connectivity index (χ2v) is 6.71. The summed E-state index contributed by atoms with van der Waals surface area (Å²) < 4.78 is 2.28. The molecule has 2 aromatic carbocycles. The van der Waals surface area contributed by atoms with Crippen LogP contribution in [0.1, 0.15) is 25.1 Å². The number of H-pyrrole nitrogens is 1. The Morgan fingerprint density at radius 3 is 2.50 bits per heavy atom. The van der Waals surface area contributed by atoms with Crippen molar-refractivity contribution >= 4 is 50.6 Å². The standard InChI is InChI=1S/C26H24N2/c1-5-9-13-18(7-3)28-23-15-11-10-14-20(23)26-24(28)17-16-22-25(26)19(8-4)21(27-22)12-6-2/h5-17,27H,3-4H2,1-2H3/b9-5-,12-6-,18-13+. The highest BCUT2D eigenvalue weighted by molar-refractivity contribution is 6.23. The predicted molar refractivity (Wildman–Crippen MR) is 125 cm³/mol. The number of fused-ring (bicyclic) bond motifs is 5. The molecule has 0 aliphatic heterocycles. The summed E-state index contributed by atoms with van der Waals surface area (Å²) in [5, 5.41) is 3.68. The lowest BCUT2D eigenvalue weighted by atomic mass is 10.0. The molecule has 0 aliphatic rings. The second-order valence-electron chi connectivity index (χ2n) is 6.71. The molecule has 2 heterocycles.